The molecule has 2 atom stereocenters. The zero-order valence-corrected chi connectivity index (χ0v) is 15.5. The highest BCUT2D eigenvalue weighted by Gasteiger charge is 2.45. The highest BCUT2D eigenvalue weighted by molar-refractivity contribution is 9.09. The minimum Gasteiger partial charge on any atom is -0.337 e. The van der Waals surface area contributed by atoms with Gasteiger partial charge in [0.15, 0.2) is 9.84 Å². The highest BCUT2D eigenvalue weighted by Crippen LogP contribution is 2.33. The van der Waals surface area contributed by atoms with Crippen LogP contribution in [0.15, 0.2) is 35.2 Å². The fraction of sp³-hybridized carbons (Fsp3) is 0.562. The molecular formula is C16H22BrNO3S. The molecule has 0 saturated carbocycles. The quantitative estimate of drug-likeness (QED) is 0.746. The van der Waals surface area contributed by atoms with Crippen LogP contribution in [0.1, 0.15) is 20.8 Å². The van der Waals surface area contributed by atoms with Crippen molar-refractivity contribution in [3.63, 3.8) is 0 Å². The van der Waals surface area contributed by atoms with E-state index in [1.807, 2.05) is 20.8 Å². The van der Waals surface area contributed by atoms with Crippen LogP contribution in [0.2, 0.25) is 0 Å². The van der Waals surface area contributed by atoms with Gasteiger partial charge in [0, 0.05) is 17.4 Å². The maximum absolute atomic E-state index is 12.7. The van der Waals surface area contributed by atoms with Crippen LogP contribution in [0.25, 0.3) is 0 Å². The van der Waals surface area contributed by atoms with Crippen molar-refractivity contribution in [1.29, 1.82) is 0 Å². The lowest BCUT2D eigenvalue weighted by Crippen LogP contribution is -2.43. The second kappa shape index (κ2) is 6.32. The van der Waals surface area contributed by atoms with Crippen molar-refractivity contribution in [2.75, 3.05) is 17.6 Å². The van der Waals surface area contributed by atoms with Crippen molar-refractivity contribution in [3.05, 3.63) is 30.3 Å². The Hall–Kier alpha value is -0.880. The SMILES string of the molecule is CC(C)(C)N1CC(CBr)C(CS(=O)(=O)c2ccccc2)C1=O. The minimum atomic E-state index is -3.46. The van der Waals surface area contributed by atoms with Crippen molar-refractivity contribution in [2.24, 2.45) is 11.8 Å². The number of likely N-dealkylation sites (tertiary alicyclic amines) is 1. The summed E-state index contributed by atoms with van der Waals surface area (Å²) in [7, 11) is -3.46. The van der Waals surface area contributed by atoms with E-state index in [0.29, 0.717) is 11.9 Å². The molecule has 2 rings (SSSR count). The van der Waals surface area contributed by atoms with Gasteiger partial charge in [-0.1, -0.05) is 34.1 Å². The Bertz CT molecular complexity index is 637. The fourth-order valence-electron chi connectivity index (χ4n) is 2.78. The van der Waals surface area contributed by atoms with Crippen LogP contribution in [0.4, 0.5) is 0 Å². The summed E-state index contributed by atoms with van der Waals surface area (Å²) in [5.74, 6) is -0.649. The number of benzene rings is 1. The molecule has 0 bridgehead atoms. The van der Waals surface area contributed by atoms with Crippen molar-refractivity contribution < 1.29 is 13.2 Å². The first-order valence-electron chi connectivity index (χ1n) is 7.32. The second-order valence-corrected chi connectivity index (χ2v) is 9.42. The molecule has 6 heteroatoms. The number of carbonyl (C=O) groups excluding carboxylic acids is 1. The number of halogens is 1. The third-order valence-corrected chi connectivity index (χ3v) is 6.70. The molecule has 0 aliphatic carbocycles. The van der Waals surface area contributed by atoms with Crippen LogP contribution in [-0.4, -0.2) is 42.4 Å². The first-order valence-corrected chi connectivity index (χ1v) is 10.1. The van der Waals surface area contributed by atoms with Gasteiger partial charge in [-0.05, 0) is 38.8 Å². The van der Waals surface area contributed by atoms with Gasteiger partial charge in [-0.15, -0.1) is 0 Å². The lowest BCUT2D eigenvalue weighted by atomic mass is 10.00. The molecule has 122 valence electrons. The standard InChI is InChI=1S/C16H22BrNO3S/c1-16(2,3)18-10-12(9-17)14(15(18)19)11-22(20,21)13-7-5-4-6-8-13/h4-8,12,14H,9-11H2,1-3H3. The largest absolute Gasteiger partial charge is 0.337 e. The first-order chi connectivity index (χ1) is 10.2. The number of amides is 1. The summed E-state index contributed by atoms with van der Waals surface area (Å²) >= 11 is 3.43. The topological polar surface area (TPSA) is 54.5 Å². The fourth-order valence-corrected chi connectivity index (χ4v) is 5.09. The van der Waals surface area contributed by atoms with Crippen LogP contribution in [0.5, 0.6) is 0 Å². The summed E-state index contributed by atoms with van der Waals surface area (Å²) in [4.78, 5) is 14.7. The monoisotopic (exact) mass is 387 g/mol. The normalized spacial score (nSPS) is 23.1. The summed E-state index contributed by atoms with van der Waals surface area (Å²) in [5.41, 5.74) is -0.289. The van der Waals surface area contributed by atoms with E-state index >= 15 is 0 Å². The minimum absolute atomic E-state index is 0.0187. The Morgan fingerprint density at radius 2 is 1.82 bits per heavy atom. The summed E-state index contributed by atoms with van der Waals surface area (Å²) in [6.07, 6.45) is 0. The van der Waals surface area contributed by atoms with Gasteiger partial charge in [0.1, 0.15) is 0 Å². The smallest absolute Gasteiger partial charge is 0.227 e. The number of hydrogen-bond acceptors (Lipinski definition) is 3. The maximum Gasteiger partial charge on any atom is 0.227 e. The van der Waals surface area contributed by atoms with E-state index in [1.165, 1.54) is 0 Å². The first kappa shape index (κ1) is 17.5. The average Bonchev–Trinajstić information content (AvgIpc) is 2.76. The molecule has 1 aromatic rings. The molecule has 1 aliphatic rings. The lowest BCUT2D eigenvalue weighted by Gasteiger charge is -2.32. The molecule has 2 unspecified atom stereocenters. The molecule has 0 radical (unpaired) electrons. The van der Waals surface area contributed by atoms with Crippen LogP contribution in [0.3, 0.4) is 0 Å². The van der Waals surface area contributed by atoms with E-state index in [4.69, 9.17) is 0 Å². The van der Waals surface area contributed by atoms with Gasteiger partial charge in [-0.2, -0.15) is 0 Å². The predicted molar refractivity (Wildman–Crippen MR) is 90.7 cm³/mol. The van der Waals surface area contributed by atoms with E-state index < -0.39 is 15.8 Å². The highest BCUT2D eigenvalue weighted by atomic mass is 79.9. The molecule has 1 amide bonds. The van der Waals surface area contributed by atoms with E-state index in [2.05, 4.69) is 15.9 Å². The predicted octanol–water partition coefficient (Wildman–Crippen LogP) is 2.73. The van der Waals surface area contributed by atoms with Crippen LogP contribution in [0, 0.1) is 11.8 Å². The third kappa shape index (κ3) is 3.54. The number of hydrogen-bond donors (Lipinski definition) is 0. The van der Waals surface area contributed by atoms with Gasteiger partial charge in [0.05, 0.1) is 16.6 Å². The van der Waals surface area contributed by atoms with Crippen LogP contribution >= 0.6 is 15.9 Å². The van der Waals surface area contributed by atoms with Gasteiger partial charge in [0.25, 0.3) is 0 Å². The zero-order chi connectivity index (χ0) is 16.5. The molecule has 1 aliphatic heterocycles. The summed E-state index contributed by atoms with van der Waals surface area (Å²) in [6, 6.07) is 8.35. The molecule has 1 heterocycles. The van der Waals surface area contributed by atoms with Gasteiger partial charge >= 0.3 is 0 Å². The average molecular weight is 388 g/mol. The maximum atomic E-state index is 12.7. The van der Waals surface area contributed by atoms with Crippen molar-refractivity contribution in [1.82, 2.24) is 4.90 Å². The van der Waals surface area contributed by atoms with Gasteiger partial charge in [0.2, 0.25) is 5.91 Å². The Balaban J connectivity index is 2.26. The molecule has 1 saturated heterocycles. The molecule has 22 heavy (non-hydrogen) atoms. The Kier molecular flexibility index (Phi) is 5.02. The Labute approximate surface area is 140 Å². The lowest BCUT2D eigenvalue weighted by molar-refractivity contribution is -0.134. The number of sulfone groups is 1. The molecule has 1 aromatic carbocycles. The van der Waals surface area contributed by atoms with E-state index in [1.54, 1.807) is 35.2 Å². The zero-order valence-electron chi connectivity index (χ0n) is 13.1. The molecule has 0 N–H and O–H groups in total. The summed E-state index contributed by atoms with van der Waals surface area (Å²) < 4.78 is 25.1. The van der Waals surface area contributed by atoms with Gasteiger partial charge < -0.3 is 4.90 Å². The van der Waals surface area contributed by atoms with Crippen molar-refractivity contribution in [3.8, 4) is 0 Å². The molecule has 0 aromatic heterocycles. The van der Waals surface area contributed by atoms with E-state index in [0.717, 1.165) is 0 Å². The van der Waals surface area contributed by atoms with E-state index in [-0.39, 0.29) is 28.0 Å². The second-order valence-electron chi connectivity index (χ2n) is 6.74. The van der Waals surface area contributed by atoms with E-state index in [9.17, 15) is 13.2 Å². The summed E-state index contributed by atoms with van der Waals surface area (Å²) in [6.45, 7) is 6.53. The number of carbonyl (C=O) groups is 1. The Morgan fingerprint density at radius 1 is 1.23 bits per heavy atom. The van der Waals surface area contributed by atoms with Crippen molar-refractivity contribution in [2.45, 2.75) is 31.2 Å². The number of nitrogens with zero attached hydrogens (tertiary/aromatic N) is 1. The molecule has 1 fully saturated rings. The molecule has 4 nitrogen and oxygen atoms in total. The van der Waals surface area contributed by atoms with Crippen molar-refractivity contribution >= 4 is 31.7 Å². The number of alkyl halides is 1. The summed E-state index contributed by atoms with van der Waals surface area (Å²) in [5, 5.41) is 0.625. The van der Waals surface area contributed by atoms with Crippen LogP contribution < -0.4 is 0 Å². The van der Waals surface area contributed by atoms with Gasteiger partial charge in [-0.3, -0.25) is 4.79 Å². The molecular weight excluding hydrogens is 366 g/mol. The number of rotatable bonds is 4. The Morgan fingerprint density at radius 3 is 2.32 bits per heavy atom. The van der Waals surface area contributed by atoms with Crippen LogP contribution in [-0.2, 0) is 14.6 Å². The molecule has 0 spiro atoms. The van der Waals surface area contributed by atoms with Gasteiger partial charge in [-0.25, -0.2) is 8.42 Å². The third-order valence-electron chi connectivity index (χ3n) is 4.08.